The van der Waals surface area contributed by atoms with E-state index < -0.39 is 11.5 Å². The Hall–Kier alpha value is -4.47. The number of rotatable bonds is 5. The molecule has 2 unspecified atom stereocenters. The van der Waals surface area contributed by atoms with Crippen LogP contribution in [0.4, 0.5) is 10.2 Å². The van der Waals surface area contributed by atoms with Gasteiger partial charge in [0.05, 0.1) is 28.2 Å². The second-order valence-corrected chi connectivity index (χ2v) is 11.3. The molecule has 0 aliphatic carbocycles. The average Bonchev–Trinajstić information content (AvgIpc) is 2.94. The Balaban J connectivity index is 1.84. The summed E-state index contributed by atoms with van der Waals surface area (Å²) in [5.74, 6) is 0.523. The quantitative estimate of drug-likeness (QED) is 0.311. The summed E-state index contributed by atoms with van der Waals surface area (Å²) in [6.07, 6.45) is 1.32. The van der Waals surface area contributed by atoms with E-state index in [1.54, 1.807) is 23.1 Å². The van der Waals surface area contributed by atoms with Crippen molar-refractivity contribution in [1.82, 2.24) is 29.4 Å². The highest BCUT2D eigenvalue weighted by Gasteiger charge is 2.34. The van der Waals surface area contributed by atoms with Gasteiger partial charge in [-0.2, -0.15) is 4.98 Å². The molecule has 10 heteroatoms. The molecule has 1 fully saturated rings. The Morgan fingerprint density at radius 3 is 2.43 bits per heavy atom. The van der Waals surface area contributed by atoms with Gasteiger partial charge in [0.25, 0.3) is 0 Å². The average molecular weight is 570 g/mol. The molecule has 0 bridgehead atoms. The Bertz CT molecular complexity index is 1780. The summed E-state index contributed by atoms with van der Waals surface area (Å²) in [5.41, 5.74) is 3.18. The SMILES string of the molecule is C=CC(=O)N1CC(C)N(c2nc(=O)n(-c3c(C)nc(C)nc3C(C)C)c3nc(-c4ccccc4F)c(C)cc23)CC1C. The van der Waals surface area contributed by atoms with Crippen LogP contribution in [-0.4, -0.2) is 60.5 Å². The van der Waals surface area contributed by atoms with Gasteiger partial charge in [0.1, 0.15) is 17.5 Å². The van der Waals surface area contributed by atoms with Crippen LogP contribution in [0.15, 0.2) is 47.8 Å². The molecular weight excluding hydrogens is 533 g/mol. The van der Waals surface area contributed by atoms with Gasteiger partial charge < -0.3 is 9.80 Å². The first-order valence-corrected chi connectivity index (χ1v) is 14.2. The van der Waals surface area contributed by atoms with Gasteiger partial charge in [-0.1, -0.05) is 32.6 Å². The number of hydrogen-bond donors (Lipinski definition) is 0. The number of nitrogens with zero attached hydrogens (tertiary/aromatic N) is 7. The monoisotopic (exact) mass is 569 g/mol. The van der Waals surface area contributed by atoms with E-state index >= 15 is 4.39 Å². The topological polar surface area (TPSA) is 97.1 Å². The molecule has 1 saturated heterocycles. The fourth-order valence-corrected chi connectivity index (χ4v) is 5.83. The first kappa shape index (κ1) is 29.0. The number of carbonyl (C=O) groups excluding carboxylic acids is 1. The Morgan fingerprint density at radius 1 is 1.05 bits per heavy atom. The van der Waals surface area contributed by atoms with Gasteiger partial charge in [-0.3, -0.25) is 4.79 Å². The van der Waals surface area contributed by atoms with E-state index in [0.29, 0.717) is 64.1 Å². The second-order valence-electron chi connectivity index (χ2n) is 11.3. The third-order valence-electron chi connectivity index (χ3n) is 7.85. The van der Waals surface area contributed by atoms with Crippen LogP contribution in [0.5, 0.6) is 0 Å². The molecule has 2 atom stereocenters. The first-order valence-electron chi connectivity index (χ1n) is 14.2. The number of fused-ring (bicyclic) bond motifs is 1. The maximum Gasteiger partial charge on any atom is 0.355 e. The zero-order valence-corrected chi connectivity index (χ0v) is 25.1. The second kappa shape index (κ2) is 11.1. The van der Waals surface area contributed by atoms with Crippen LogP contribution in [0.25, 0.3) is 28.0 Å². The number of piperazine rings is 1. The number of hydrogen-bond acceptors (Lipinski definition) is 7. The number of amides is 1. The molecule has 0 spiro atoms. The molecule has 1 aromatic carbocycles. The van der Waals surface area contributed by atoms with Crippen LogP contribution in [0.3, 0.4) is 0 Å². The Labute approximate surface area is 244 Å². The van der Waals surface area contributed by atoms with Crippen LogP contribution >= 0.6 is 0 Å². The summed E-state index contributed by atoms with van der Waals surface area (Å²) in [5, 5.41) is 0.643. The lowest BCUT2D eigenvalue weighted by molar-refractivity contribution is -0.128. The van der Waals surface area contributed by atoms with Crippen molar-refractivity contribution in [3.63, 3.8) is 0 Å². The number of pyridine rings is 1. The minimum Gasteiger partial charge on any atom is -0.349 e. The molecule has 1 amide bonds. The standard InChI is InChI=1S/C32H36FN7O2/c1-9-26(41)38-15-20(6)39(16-19(38)5)30-24-14-18(4)28(23-12-10-11-13-25(23)33)36-31(24)40(32(42)37-30)29-21(7)34-22(8)35-27(29)17(2)3/h9-14,17,19-20H,1,15-16H2,2-8H3. The van der Waals surface area contributed by atoms with Crippen molar-refractivity contribution >= 4 is 22.8 Å². The smallest absolute Gasteiger partial charge is 0.349 e. The molecule has 0 radical (unpaired) electrons. The summed E-state index contributed by atoms with van der Waals surface area (Å²) < 4.78 is 16.5. The van der Waals surface area contributed by atoms with Gasteiger partial charge in [0.15, 0.2) is 5.65 Å². The van der Waals surface area contributed by atoms with Gasteiger partial charge in [-0.25, -0.2) is 28.7 Å². The van der Waals surface area contributed by atoms with Crippen molar-refractivity contribution in [3.8, 4) is 16.9 Å². The van der Waals surface area contributed by atoms with Crippen LogP contribution in [-0.2, 0) is 4.79 Å². The summed E-state index contributed by atoms with van der Waals surface area (Å²) in [4.78, 5) is 49.3. The highest BCUT2D eigenvalue weighted by atomic mass is 19.1. The van der Waals surface area contributed by atoms with E-state index in [2.05, 4.69) is 21.4 Å². The fraction of sp³-hybridized carbons (Fsp3) is 0.375. The lowest BCUT2D eigenvalue weighted by atomic mass is 10.0. The zero-order chi connectivity index (χ0) is 30.5. The Morgan fingerprint density at radius 2 is 1.76 bits per heavy atom. The van der Waals surface area contributed by atoms with Crippen molar-refractivity contribution in [2.45, 2.75) is 66.5 Å². The molecule has 0 saturated carbocycles. The van der Waals surface area contributed by atoms with E-state index in [1.165, 1.54) is 16.7 Å². The number of benzene rings is 1. The molecule has 9 nitrogen and oxygen atoms in total. The number of aryl methyl sites for hydroxylation is 3. The number of halogens is 1. The lowest BCUT2D eigenvalue weighted by Gasteiger charge is -2.44. The third-order valence-corrected chi connectivity index (χ3v) is 7.85. The van der Waals surface area contributed by atoms with E-state index in [0.717, 1.165) is 5.56 Å². The zero-order valence-electron chi connectivity index (χ0n) is 25.1. The van der Waals surface area contributed by atoms with Crippen LogP contribution in [0, 0.1) is 26.6 Å². The van der Waals surface area contributed by atoms with Crippen molar-refractivity contribution in [3.05, 3.63) is 82.1 Å². The predicted octanol–water partition coefficient (Wildman–Crippen LogP) is 5.04. The summed E-state index contributed by atoms with van der Waals surface area (Å²) in [6, 6.07) is 8.11. The number of carbonyl (C=O) groups is 1. The highest BCUT2D eigenvalue weighted by molar-refractivity contribution is 5.92. The molecule has 218 valence electrons. The maximum atomic E-state index is 15.0. The first-order chi connectivity index (χ1) is 19.9. The molecule has 1 aliphatic heterocycles. The van der Waals surface area contributed by atoms with Crippen LogP contribution < -0.4 is 10.6 Å². The lowest BCUT2D eigenvalue weighted by Crippen LogP contribution is -2.58. The molecule has 3 aromatic heterocycles. The molecule has 4 aromatic rings. The van der Waals surface area contributed by atoms with Gasteiger partial charge in [-0.05, 0) is 70.4 Å². The van der Waals surface area contributed by atoms with Gasteiger partial charge in [0.2, 0.25) is 5.91 Å². The fourth-order valence-electron chi connectivity index (χ4n) is 5.83. The van der Waals surface area contributed by atoms with E-state index in [4.69, 9.17) is 9.97 Å². The molecule has 42 heavy (non-hydrogen) atoms. The van der Waals surface area contributed by atoms with Crippen molar-refractivity contribution in [2.24, 2.45) is 0 Å². The molecule has 5 rings (SSSR count). The number of aromatic nitrogens is 5. The van der Waals surface area contributed by atoms with Gasteiger partial charge in [-0.15, -0.1) is 0 Å². The minimum atomic E-state index is -0.532. The molecule has 1 aliphatic rings. The van der Waals surface area contributed by atoms with Crippen LogP contribution in [0.1, 0.15) is 56.4 Å². The van der Waals surface area contributed by atoms with Gasteiger partial charge >= 0.3 is 5.69 Å². The predicted molar refractivity (Wildman–Crippen MR) is 163 cm³/mol. The minimum absolute atomic E-state index is 0.0186. The summed E-state index contributed by atoms with van der Waals surface area (Å²) in [6.45, 7) is 18.1. The normalized spacial score (nSPS) is 17.3. The maximum absolute atomic E-state index is 15.0. The summed E-state index contributed by atoms with van der Waals surface area (Å²) >= 11 is 0. The molecule has 0 N–H and O–H groups in total. The van der Waals surface area contributed by atoms with E-state index in [-0.39, 0.29) is 23.9 Å². The van der Waals surface area contributed by atoms with E-state index in [9.17, 15) is 9.59 Å². The van der Waals surface area contributed by atoms with E-state index in [1.807, 2.05) is 54.5 Å². The number of anilines is 1. The van der Waals surface area contributed by atoms with Crippen molar-refractivity contribution < 1.29 is 9.18 Å². The largest absolute Gasteiger partial charge is 0.355 e. The molecule has 4 heterocycles. The third kappa shape index (κ3) is 4.95. The van der Waals surface area contributed by atoms with Gasteiger partial charge in [0, 0.05) is 30.7 Å². The van der Waals surface area contributed by atoms with Crippen molar-refractivity contribution in [2.75, 3.05) is 18.0 Å². The van der Waals surface area contributed by atoms with Crippen LogP contribution in [0.2, 0.25) is 0 Å². The highest BCUT2D eigenvalue weighted by Crippen LogP contribution is 2.34. The molecular formula is C32H36FN7O2. The Kier molecular flexibility index (Phi) is 7.66. The summed E-state index contributed by atoms with van der Waals surface area (Å²) in [7, 11) is 0. The van der Waals surface area contributed by atoms with Crippen molar-refractivity contribution in [1.29, 1.82) is 0 Å².